The smallest absolute Gasteiger partial charge is 0.369 e. The summed E-state index contributed by atoms with van der Waals surface area (Å²) >= 11 is 0. The molecule has 2 aliphatic rings. The number of alkyl halides is 3. The third kappa shape index (κ3) is 4.42. The molecule has 160 valence electrons. The minimum absolute atomic E-state index is 0.0382. The predicted octanol–water partition coefficient (Wildman–Crippen LogP) is 3.13. The molecule has 0 radical (unpaired) electrons. The molecule has 0 bridgehead atoms. The van der Waals surface area contributed by atoms with Gasteiger partial charge in [-0.3, -0.25) is 19.4 Å². The lowest BCUT2D eigenvalue weighted by Crippen LogP contribution is -2.46. The maximum atomic E-state index is 12.9. The first-order valence-corrected chi connectivity index (χ1v) is 9.90. The molecular formula is C23H20F3N3O2. The summed E-state index contributed by atoms with van der Waals surface area (Å²) in [5, 5.41) is 0. The molecule has 0 spiro atoms. The van der Waals surface area contributed by atoms with Crippen molar-refractivity contribution in [3.05, 3.63) is 65.2 Å². The van der Waals surface area contributed by atoms with Gasteiger partial charge in [0.1, 0.15) is 0 Å². The highest BCUT2D eigenvalue weighted by Crippen LogP contribution is 2.31. The third-order valence-electron chi connectivity index (χ3n) is 5.45. The number of halogens is 3. The maximum Gasteiger partial charge on any atom is 0.416 e. The number of rotatable bonds is 3. The Bertz CT molecular complexity index is 1030. The molecule has 2 heterocycles. The number of carbonyl (C=O) groups is 2. The first kappa shape index (κ1) is 20.9. The predicted molar refractivity (Wildman–Crippen MR) is 110 cm³/mol. The van der Waals surface area contributed by atoms with E-state index in [-0.39, 0.29) is 18.4 Å². The van der Waals surface area contributed by atoms with Crippen LogP contribution in [0.1, 0.15) is 26.3 Å². The zero-order valence-electron chi connectivity index (χ0n) is 16.7. The fraction of sp³-hybridized carbons (Fsp3) is 0.304. The second-order valence-electron chi connectivity index (χ2n) is 7.41. The van der Waals surface area contributed by atoms with Gasteiger partial charge >= 0.3 is 6.18 Å². The average molecular weight is 427 g/mol. The lowest BCUT2D eigenvalue weighted by molar-refractivity contribution is -0.137. The van der Waals surface area contributed by atoms with Crippen molar-refractivity contribution in [2.45, 2.75) is 6.18 Å². The van der Waals surface area contributed by atoms with E-state index in [4.69, 9.17) is 0 Å². The second kappa shape index (κ2) is 8.44. The summed E-state index contributed by atoms with van der Waals surface area (Å²) < 4.78 is 38.8. The van der Waals surface area contributed by atoms with Crippen molar-refractivity contribution in [1.29, 1.82) is 0 Å². The second-order valence-corrected chi connectivity index (χ2v) is 7.41. The number of amides is 2. The van der Waals surface area contributed by atoms with Crippen molar-refractivity contribution in [3.63, 3.8) is 0 Å². The van der Waals surface area contributed by atoms with E-state index in [0.717, 1.165) is 11.0 Å². The molecule has 2 amide bonds. The van der Waals surface area contributed by atoms with Gasteiger partial charge in [0.25, 0.3) is 11.8 Å². The molecule has 0 aliphatic carbocycles. The van der Waals surface area contributed by atoms with Gasteiger partial charge in [0.15, 0.2) is 0 Å². The van der Waals surface area contributed by atoms with Crippen LogP contribution in [0, 0.1) is 11.8 Å². The Balaban J connectivity index is 1.28. The van der Waals surface area contributed by atoms with Crippen LogP contribution in [0.25, 0.3) is 0 Å². The number of anilines is 1. The molecule has 4 rings (SSSR count). The van der Waals surface area contributed by atoms with Crippen LogP contribution < -0.4 is 4.90 Å². The summed E-state index contributed by atoms with van der Waals surface area (Å²) in [7, 11) is 0. The van der Waals surface area contributed by atoms with Crippen LogP contribution >= 0.6 is 0 Å². The number of imide groups is 1. The van der Waals surface area contributed by atoms with Gasteiger partial charge in [0, 0.05) is 31.9 Å². The van der Waals surface area contributed by atoms with Gasteiger partial charge in [-0.15, -0.1) is 0 Å². The molecule has 2 aromatic carbocycles. The lowest BCUT2D eigenvalue weighted by atomic mass is 10.1. The molecule has 8 heteroatoms. The Hall–Kier alpha value is -3.31. The molecule has 31 heavy (non-hydrogen) atoms. The Kier molecular flexibility index (Phi) is 5.70. The van der Waals surface area contributed by atoms with Crippen molar-refractivity contribution in [2.24, 2.45) is 0 Å². The lowest BCUT2D eigenvalue weighted by Gasteiger charge is -2.35. The monoisotopic (exact) mass is 427 g/mol. The molecule has 0 unspecified atom stereocenters. The highest BCUT2D eigenvalue weighted by atomic mass is 19.4. The van der Waals surface area contributed by atoms with E-state index in [1.54, 1.807) is 30.3 Å². The molecule has 0 saturated carbocycles. The number of fused-ring (bicyclic) bond motifs is 1. The van der Waals surface area contributed by atoms with E-state index in [2.05, 4.69) is 16.7 Å². The summed E-state index contributed by atoms with van der Waals surface area (Å²) in [6.45, 7) is 3.04. The molecule has 2 aliphatic heterocycles. The number of hydrogen-bond donors (Lipinski definition) is 0. The van der Waals surface area contributed by atoms with Crippen molar-refractivity contribution in [1.82, 2.24) is 9.80 Å². The van der Waals surface area contributed by atoms with E-state index in [1.165, 1.54) is 12.1 Å². The average Bonchev–Trinajstić information content (AvgIpc) is 3.01. The minimum atomic E-state index is -4.35. The molecule has 0 atom stereocenters. The minimum Gasteiger partial charge on any atom is -0.369 e. The Morgan fingerprint density at radius 1 is 0.806 bits per heavy atom. The van der Waals surface area contributed by atoms with Gasteiger partial charge in [-0.2, -0.15) is 13.2 Å². The maximum absolute atomic E-state index is 12.9. The van der Waals surface area contributed by atoms with Gasteiger partial charge in [-0.25, -0.2) is 0 Å². The Morgan fingerprint density at radius 2 is 1.42 bits per heavy atom. The summed E-state index contributed by atoms with van der Waals surface area (Å²) in [6, 6.07) is 12.1. The number of nitrogens with zero attached hydrogens (tertiary/aromatic N) is 3. The molecule has 5 nitrogen and oxygen atoms in total. The normalized spacial score (nSPS) is 16.9. The molecule has 2 aromatic rings. The van der Waals surface area contributed by atoms with Crippen molar-refractivity contribution in [3.8, 4) is 11.8 Å². The van der Waals surface area contributed by atoms with Crippen LogP contribution in [0.15, 0.2) is 48.5 Å². The topological polar surface area (TPSA) is 43.9 Å². The molecular weight excluding hydrogens is 407 g/mol. The molecule has 0 N–H and O–H groups in total. The fourth-order valence-electron chi connectivity index (χ4n) is 3.73. The fourth-order valence-corrected chi connectivity index (χ4v) is 3.73. The van der Waals surface area contributed by atoms with Crippen molar-refractivity contribution in [2.75, 3.05) is 44.2 Å². The summed E-state index contributed by atoms with van der Waals surface area (Å²) in [5.41, 5.74) is 0.720. The molecule has 1 saturated heterocycles. The molecule has 0 aromatic heterocycles. The number of piperazine rings is 1. The van der Waals surface area contributed by atoms with Gasteiger partial charge in [-0.05, 0) is 30.3 Å². The Labute approximate surface area is 178 Å². The number of carbonyl (C=O) groups excluding carboxylic acids is 2. The van der Waals surface area contributed by atoms with Crippen molar-refractivity contribution < 1.29 is 22.8 Å². The van der Waals surface area contributed by atoms with Gasteiger partial charge in [0.05, 0.1) is 29.8 Å². The Morgan fingerprint density at radius 3 is 2.03 bits per heavy atom. The van der Waals surface area contributed by atoms with Gasteiger partial charge < -0.3 is 4.90 Å². The van der Waals surface area contributed by atoms with Gasteiger partial charge in [-0.1, -0.05) is 30.0 Å². The zero-order chi connectivity index (χ0) is 22.0. The summed E-state index contributed by atoms with van der Waals surface area (Å²) in [5.74, 6) is 5.23. The van der Waals surface area contributed by atoms with E-state index < -0.39 is 11.7 Å². The molecule has 1 fully saturated rings. The van der Waals surface area contributed by atoms with Crippen LogP contribution in [0.3, 0.4) is 0 Å². The van der Waals surface area contributed by atoms with Crippen LogP contribution in [0.5, 0.6) is 0 Å². The highest BCUT2D eigenvalue weighted by Gasteiger charge is 2.34. The van der Waals surface area contributed by atoms with E-state index in [1.807, 2.05) is 4.90 Å². The van der Waals surface area contributed by atoms with Gasteiger partial charge in [0.2, 0.25) is 0 Å². The van der Waals surface area contributed by atoms with Crippen LogP contribution in [0.4, 0.5) is 18.9 Å². The van der Waals surface area contributed by atoms with Crippen LogP contribution in [-0.2, 0) is 6.18 Å². The first-order chi connectivity index (χ1) is 14.8. The largest absolute Gasteiger partial charge is 0.416 e. The quantitative estimate of drug-likeness (QED) is 0.558. The van der Waals surface area contributed by atoms with Crippen molar-refractivity contribution >= 4 is 17.5 Å². The zero-order valence-corrected chi connectivity index (χ0v) is 16.7. The third-order valence-corrected chi connectivity index (χ3v) is 5.45. The van der Waals surface area contributed by atoms with E-state index >= 15 is 0 Å². The summed E-state index contributed by atoms with van der Waals surface area (Å²) in [6.07, 6.45) is -4.35. The standard InChI is InChI=1S/C23H20F3N3O2/c24-23(25,26)17-6-5-7-18(16-17)28-14-12-27(13-15-28)10-3-4-11-29-21(30)19-8-1-2-9-20(19)22(29)31/h1-2,5-9,16H,10-15H2. The highest BCUT2D eigenvalue weighted by molar-refractivity contribution is 6.21. The summed E-state index contributed by atoms with van der Waals surface area (Å²) in [4.78, 5) is 29.8. The number of benzene rings is 2. The van der Waals surface area contributed by atoms with E-state index in [9.17, 15) is 22.8 Å². The van der Waals surface area contributed by atoms with Crippen LogP contribution in [-0.4, -0.2) is 60.9 Å². The number of hydrogen-bond acceptors (Lipinski definition) is 4. The first-order valence-electron chi connectivity index (χ1n) is 9.90. The van der Waals surface area contributed by atoms with Crippen LogP contribution in [0.2, 0.25) is 0 Å². The SMILES string of the molecule is O=C1c2ccccc2C(=O)N1CC#CCN1CCN(c2cccc(C(F)(F)F)c2)CC1. The van der Waals surface area contributed by atoms with E-state index in [0.29, 0.717) is 49.5 Å².